The highest BCUT2D eigenvalue weighted by Crippen LogP contribution is 2.26. The highest BCUT2D eigenvalue weighted by molar-refractivity contribution is 6.31. The zero-order valence-corrected chi connectivity index (χ0v) is 15.0. The highest BCUT2D eigenvalue weighted by Gasteiger charge is 2.28. The molecule has 2 aromatic carbocycles. The molecule has 2 heterocycles. The summed E-state index contributed by atoms with van der Waals surface area (Å²) in [4.78, 5) is 18.9. The monoisotopic (exact) mass is 366 g/mol. The van der Waals surface area contributed by atoms with E-state index < -0.39 is 0 Å². The van der Waals surface area contributed by atoms with Crippen LogP contribution in [-0.2, 0) is 11.2 Å². The van der Waals surface area contributed by atoms with E-state index in [0.29, 0.717) is 24.5 Å². The number of benzene rings is 2. The Hall–Kier alpha value is -2.59. The molecule has 0 saturated carbocycles. The standard InChI is InChI=1S/C21H19ClN2O2/c22-18-8-2-1-5-16(18)13-20(25)24-12-10-17(14-24)26-19-9-3-6-15-7-4-11-23-21(15)19/h1-9,11,17H,10,12-14H2. The number of rotatable bonds is 4. The number of halogens is 1. The van der Waals surface area contributed by atoms with Crippen LogP contribution >= 0.6 is 11.6 Å². The van der Waals surface area contributed by atoms with Crippen LogP contribution in [0.15, 0.2) is 60.8 Å². The van der Waals surface area contributed by atoms with Gasteiger partial charge in [-0.2, -0.15) is 0 Å². The summed E-state index contributed by atoms with van der Waals surface area (Å²) in [6.45, 7) is 1.29. The van der Waals surface area contributed by atoms with E-state index in [9.17, 15) is 4.79 Å². The van der Waals surface area contributed by atoms with Crippen LogP contribution in [0.2, 0.25) is 5.02 Å². The van der Waals surface area contributed by atoms with Crippen LogP contribution in [0.3, 0.4) is 0 Å². The third-order valence-corrected chi connectivity index (χ3v) is 5.06. The van der Waals surface area contributed by atoms with Gasteiger partial charge in [0.15, 0.2) is 0 Å². The van der Waals surface area contributed by atoms with Crippen LogP contribution < -0.4 is 4.74 Å². The van der Waals surface area contributed by atoms with Crippen molar-refractivity contribution in [1.29, 1.82) is 0 Å². The van der Waals surface area contributed by atoms with E-state index >= 15 is 0 Å². The van der Waals surface area contributed by atoms with Crippen LogP contribution in [0.25, 0.3) is 10.9 Å². The summed E-state index contributed by atoms with van der Waals surface area (Å²) in [5.74, 6) is 0.855. The number of nitrogens with zero attached hydrogens (tertiary/aromatic N) is 2. The van der Waals surface area contributed by atoms with Gasteiger partial charge < -0.3 is 9.64 Å². The molecule has 1 unspecified atom stereocenters. The van der Waals surface area contributed by atoms with E-state index in [0.717, 1.165) is 28.6 Å². The number of aromatic nitrogens is 1. The smallest absolute Gasteiger partial charge is 0.227 e. The summed E-state index contributed by atoms with van der Waals surface area (Å²) in [5.41, 5.74) is 1.72. The zero-order valence-electron chi connectivity index (χ0n) is 14.3. The summed E-state index contributed by atoms with van der Waals surface area (Å²) < 4.78 is 6.16. The van der Waals surface area contributed by atoms with Gasteiger partial charge in [-0.3, -0.25) is 9.78 Å². The second-order valence-electron chi connectivity index (χ2n) is 6.47. The van der Waals surface area contributed by atoms with Crippen molar-refractivity contribution in [2.75, 3.05) is 13.1 Å². The van der Waals surface area contributed by atoms with Crippen LogP contribution in [0.1, 0.15) is 12.0 Å². The van der Waals surface area contributed by atoms with Crippen molar-refractivity contribution in [3.63, 3.8) is 0 Å². The first-order valence-corrected chi connectivity index (χ1v) is 9.10. The number of hydrogen-bond acceptors (Lipinski definition) is 3. The molecule has 4 nitrogen and oxygen atoms in total. The van der Waals surface area contributed by atoms with E-state index in [1.807, 2.05) is 59.5 Å². The molecule has 1 saturated heterocycles. The molecule has 0 N–H and O–H groups in total. The third-order valence-electron chi connectivity index (χ3n) is 4.69. The second-order valence-corrected chi connectivity index (χ2v) is 6.87. The lowest BCUT2D eigenvalue weighted by molar-refractivity contribution is -0.129. The number of carbonyl (C=O) groups is 1. The predicted molar refractivity (Wildman–Crippen MR) is 103 cm³/mol. The molecule has 1 aromatic heterocycles. The topological polar surface area (TPSA) is 42.4 Å². The maximum Gasteiger partial charge on any atom is 0.227 e. The van der Waals surface area contributed by atoms with Gasteiger partial charge in [-0.1, -0.05) is 48.0 Å². The van der Waals surface area contributed by atoms with Crippen molar-refractivity contribution in [3.05, 3.63) is 71.4 Å². The molecule has 1 amide bonds. The number of likely N-dealkylation sites (tertiary alicyclic amines) is 1. The van der Waals surface area contributed by atoms with Gasteiger partial charge >= 0.3 is 0 Å². The summed E-state index contributed by atoms with van der Waals surface area (Å²) in [6, 6.07) is 17.3. The Morgan fingerprint density at radius 1 is 1.15 bits per heavy atom. The molecule has 1 aliphatic rings. The first-order valence-electron chi connectivity index (χ1n) is 8.72. The minimum Gasteiger partial charge on any atom is -0.486 e. The van der Waals surface area contributed by atoms with E-state index in [4.69, 9.17) is 16.3 Å². The lowest BCUT2D eigenvalue weighted by Crippen LogP contribution is -2.32. The van der Waals surface area contributed by atoms with Gasteiger partial charge in [0.25, 0.3) is 0 Å². The minimum absolute atomic E-state index is 0.0159. The molecule has 5 heteroatoms. The third kappa shape index (κ3) is 3.51. The average molecular weight is 367 g/mol. The van der Waals surface area contributed by atoms with Crippen LogP contribution in [0, 0.1) is 0 Å². The maximum absolute atomic E-state index is 12.6. The Morgan fingerprint density at radius 2 is 2.00 bits per heavy atom. The van der Waals surface area contributed by atoms with Crippen LogP contribution in [0.4, 0.5) is 0 Å². The number of ether oxygens (including phenoxy) is 1. The summed E-state index contributed by atoms with van der Waals surface area (Å²) >= 11 is 6.16. The molecule has 0 spiro atoms. The van der Waals surface area contributed by atoms with Crippen molar-refractivity contribution >= 4 is 28.4 Å². The van der Waals surface area contributed by atoms with Crippen LogP contribution in [-0.4, -0.2) is 35.0 Å². The second kappa shape index (κ2) is 7.34. The van der Waals surface area contributed by atoms with Crippen molar-refractivity contribution < 1.29 is 9.53 Å². The SMILES string of the molecule is O=C(Cc1ccccc1Cl)N1CCC(Oc2cccc3cccnc23)C1. The molecule has 3 aromatic rings. The quantitative estimate of drug-likeness (QED) is 0.697. The van der Waals surface area contributed by atoms with E-state index in [2.05, 4.69) is 4.98 Å². The Balaban J connectivity index is 1.42. The Kier molecular flexibility index (Phi) is 4.76. The van der Waals surface area contributed by atoms with Gasteiger partial charge in [-0.05, 0) is 23.8 Å². The average Bonchev–Trinajstić information content (AvgIpc) is 3.13. The first-order chi connectivity index (χ1) is 12.7. The number of carbonyl (C=O) groups excluding carboxylic acids is 1. The van der Waals surface area contributed by atoms with Crippen molar-refractivity contribution in [3.8, 4) is 5.75 Å². The molecule has 132 valence electrons. The van der Waals surface area contributed by atoms with Crippen molar-refractivity contribution in [1.82, 2.24) is 9.88 Å². The summed E-state index contributed by atoms with van der Waals surface area (Å²) in [6.07, 6.45) is 2.89. The number of amides is 1. The lowest BCUT2D eigenvalue weighted by Gasteiger charge is -2.18. The van der Waals surface area contributed by atoms with Crippen molar-refractivity contribution in [2.24, 2.45) is 0 Å². The molecule has 1 fully saturated rings. The number of hydrogen-bond donors (Lipinski definition) is 0. The van der Waals surface area contributed by atoms with Gasteiger partial charge in [0, 0.05) is 29.6 Å². The van der Waals surface area contributed by atoms with Gasteiger partial charge in [0.2, 0.25) is 5.91 Å². The number of fused-ring (bicyclic) bond motifs is 1. The molecular weight excluding hydrogens is 348 g/mol. The minimum atomic E-state index is -0.0159. The Labute approximate surface area is 157 Å². The largest absolute Gasteiger partial charge is 0.486 e. The molecule has 0 aliphatic carbocycles. The predicted octanol–water partition coefficient (Wildman–Crippen LogP) is 4.11. The molecule has 0 bridgehead atoms. The number of para-hydroxylation sites is 1. The van der Waals surface area contributed by atoms with Gasteiger partial charge in [0.05, 0.1) is 13.0 Å². The van der Waals surface area contributed by atoms with Gasteiger partial charge in [-0.25, -0.2) is 0 Å². The fourth-order valence-electron chi connectivity index (χ4n) is 3.32. The lowest BCUT2D eigenvalue weighted by atomic mass is 10.1. The normalized spacial score (nSPS) is 16.8. The van der Waals surface area contributed by atoms with E-state index in [1.54, 1.807) is 6.20 Å². The highest BCUT2D eigenvalue weighted by atomic mass is 35.5. The zero-order chi connectivity index (χ0) is 17.9. The van der Waals surface area contributed by atoms with Crippen LogP contribution in [0.5, 0.6) is 5.75 Å². The summed E-state index contributed by atoms with van der Waals surface area (Å²) in [5, 5.41) is 1.68. The Bertz CT molecular complexity index is 939. The van der Waals surface area contributed by atoms with E-state index in [-0.39, 0.29) is 12.0 Å². The molecule has 0 radical (unpaired) electrons. The van der Waals surface area contributed by atoms with Gasteiger partial charge in [0.1, 0.15) is 17.4 Å². The molecule has 1 atom stereocenters. The molecule has 1 aliphatic heterocycles. The maximum atomic E-state index is 12.6. The molecule has 26 heavy (non-hydrogen) atoms. The first kappa shape index (κ1) is 16.9. The summed E-state index contributed by atoms with van der Waals surface area (Å²) in [7, 11) is 0. The Morgan fingerprint density at radius 3 is 2.88 bits per heavy atom. The molecular formula is C21H19ClN2O2. The van der Waals surface area contributed by atoms with Gasteiger partial charge in [-0.15, -0.1) is 0 Å². The fraction of sp³-hybridized carbons (Fsp3) is 0.238. The fourth-order valence-corrected chi connectivity index (χ4v) is 3.52. The van der Waals surface area contributed by atoms with Crippen molar-refractivity contribution in [2.45, 2.75) is 18.9 Å². The number of pyridine rings is 1. The molecule has 4 rings (SSSR count). The van der Waals surface area contributed by atoms with E-state index in [1.165, 1.54) is 0 Å².